The molecule has 2 aliphatic rings. The molecule has 2 heterocycles. The van der Waals surface area contributed by atoms with Crippen molar-refractivity contribution in [3.05, 3.63) is 29.1 Å². The maximum absolute atomic E-state index is 14.3. The predicted molar refractivity (Wildman–Crippen MR) is 60.2 cm³/mol. The average Bonchev–Trinajstić information content (AvgIpc) is 2.83. The summed E-state index contributed by atoms with van der Waals surface area (Å²) in [5.41, 5.74) is 1.60. The average molecular weight is 221 g/mol. The smallest absolute Gasteiger partial charge is 0.134 e. The largest absolute Gasteiger partial charge is 0.493 e. The van der Waals surface area contributed by atoms with Crippen molar-refractivity contribution in [2.75, 3.05) is 13.2 Å². The van der Waals surface area contributed by atoms with Crippen LogP contribution in [0.2, 0.25) is 0 Å². The molecule has 0 saturated carbocycles. The molecule has 3 rings (SSSR count). The molecule has 0 spiro atoms. The molecule has 16 heavy (non-hydrogen) atoms. The minimum absolute atomic E-state index is 0.0448. The highest BCUT2D eigenvalue weighted by Gasteiger charge is 2.24. The van der Waals surface area contributed by atoms with Crippen LogP contribution < -0.4 is 10.1 Å². The van der Waals surface area contributed by atoms with Crippen LogP contribution in [0.15, 0.2) is 12.1 Å². The maximum Gasteiger partial charge on any atom is 0.134 e. The van der Waals surface area contributed by atoms with Gasteiger partial charge >= 0.3 is 0 Å². The van der Waals surface area contributed by atoms with Crippen LogP contribution in [0.4, 0.5) is 4.39 Å². The van der Waals surface area contributed by atoms with E-state index >= 15 is 0 Å². The predicted octanol–water partition coefficient (Wildman–Crippen LogP) is 2.58. The molecular formula is C13H16FNO. The van der Waals surface area contributed by atoms with Gasteiger partial charge in [-0.05, 0) is 38.3 Å². The summed E-state index contributed by atoms with van der Waals surface area (Å²) >= 11 is 0. The molecule has 1 atom stereocenters. The standard InChI is InChI=1S/C13H16FNO/c14-13-9(11-4-1-7-15-11)5-6-12-10(13)3-2-8-16-12/h5-6,11,15H,1-4,7-8H2/t11-/m1/s1. The number of ether oxygens (including phenoxy) is 1. The summed E-state index contributed by atoms with van der Waals surface area (Å²) in [5.74, 6) is 0.696. The van der Waals surface area contributed by atoms with Crippen LogP contribution >= 0.6 is 0 Å². The van der Waals surface area contributed by atoms with Crippen molar-refractivity contribution in [3.63, 3.8) is 0 Å². The number of hydrogen-bond donors (Lipinski definition) is 1. The van der Waals surface area contributed by atoms with E-state index in [1.54, 1.807) is 0 Å². The lowest BCUT2D eigenvalue weighted by atomic mass is 9.97. The van der Waals surface area contributed by atoms with Gasteiger partial charge in [-0.2, -0.15) is 0 Å². The second-order valence-electron chi connectivity index (χ2n) is 4.55. The molecule has 2 aliphatic heterocycles. The fourth-order valence-electron chi connectivity index (χ4n) is 2.64. The third-order valence-corrected chi connectivity index (χ3v) is 3.49. The Balaban J connectivity index is 1.99. The zero-order valence-corrected chi connectivity index (χ0v) is 9.26. The van der Waals surface area contributed by atoms with E-state index < -0.39 is 0 Å². The Morgan fingerprint density at radius 3 is 3.06 bits per heavy atom. The van der Waals surface area contributed by atoms with Crippen LogP contribution in [0, 0.1) is 5.82 Å². The maximum atomic E-state index is 14.3. The first kappa shape index (κ1) is 10.1. The fraction of sp³-hybridized carbons (Fsp3) is 0.538. The van der Waals surface area contributed by atoms with Gasteiger partial charge in [-0.1, -0.05) is 6.07 Å². The Morgan fingerprint density at radius 2 is 2.25 bits per heavy atom. The van der Waals surface area contributed by atoms with Gasteiger partial charge < -0.3 is 10.1 Å². The summed E-state index contributed by atoms with van der Waals surface area (Å²) < 4.78 is 19.7. The van der Waals surface area contributed by atoms with E-state index in [1.165, 1.54) is 0 Å². The summed E-state index contributed by atoms with van der Waals surface area (Å²) in [5, 5.41) is 3.34. The van der Waals surface area contributed by atoms with Gasteiger partial charge in [0.25, 0.3) is 0 Å². The number of fused-ring (bicyclic) bond motifs is 1. The summed E-state index contributed by atoms with van der Waals surface area (Å²) in [6.07, 6.45) is 3.90. The zero-order valence-electron chi connectivity index (χ0n) is 9.26. The molecule has 86 valence electrons. The van der Waals surface area contributed by atoms with Gasteiger partial charge in [0.1, 0.15) is 11.6 Å². The first-order valence-electron chi connectivity index (χ1n) is 6.04. The summed E-state index contributed by atoms with van der Waals surface area (Å²) in [6, 6.07) is 4.00. The first-order valence-corrected chi connectivity index (χ1v) is 6.04. The topological polar surface area (TPSA) is 21.3 Å². The van der Waals surface area contributed by atoms with Crippen LogP contribution in [0.25, 0.3) is 0 Å². The van der Waals surface area contributed by atoms with Crippen molar-refractivity contribution in [1.82, 2.24) is 5.32 Å². The highest BCUT2D eigenvalue weighted by Crippen LogP contribution is 2.33. The minimum Gasteiger partial charge on any atom is -0.493 e. The van der Waals surface area contributed by atoms with Crippen molar-refractivity contribution in [2.24, 2.45) is 0 Å². The van der Waals surface area contributed by atoms with Gasteiger partial charge in [0, 0.05) is 17.2 Å². The van der Waals surface area contributed by atoms with E-state index in [1.807, 2.05) is 12.1 Å². The van der Waals surface area contributed by atoms with E-state index in [0.29, 0.717) is 6.61 Å². The molecule has 0 aromatic heterocycles. The second kappa shape index (κ2) is 4.06. The number of benzene rings is 1. The van der Waals surface area contributed by atoms with Crippen molar-refractivity contribution in [2.45, 2.75) is 31.7 Å². The Labute approximate surface area is 94.8 Å². The van der Waals surface area contributed by atoms with E-state index in [0.717, 1.165) is 49.1 Å². The number of halogens is 1. The number of hydrogen-bond acceptors (Lipinski definition) is 2. The Morgan fingerprint density at radius 1 is 1.31 bits per heavy atom. The number of nitrogens with one attached hydrogen (secondary N) is 1. The van der Waals surface area contributed by atoms with Gasteiger partial charge in [0.05, 0.1) is 6.61 Å². The van der Waals surface area contributed by atoms with Crippen molar-refractivity contribution >= 4 is 0 Å². The lowest BCUT2D eigenvalue weighted by Crippen LogP contribution is -2.17. The highest BCUT2D eigenvalue weighted by atomic mass is 19.1. The van der Waals surface area contributed by atoms with Crippen LogP contribution in [0.1, 0.15) is 36.4 Å². The van der Waals surface area contributed by atoms with E-state index in [-0.39, 0.29) is 11.9 Å². The van der Waals surface area contributed by atoms with Crippen molar-refractivity contribution in [3.8, 4) is 5.75 Å². The molecule has 3 heteroatoms. The van der Waals surface area contributed by atoms with Crippen LogP contribution in [-0.2, 0) is 6.42 Å². The summed E-state index contributed by atoms with van der Waals surface area (Å²) in [6.45, 7) is 1.71. The second-order valence-corrected chi connectivity index (χ2v) is 4.55. The Kier molecular flexibility index (Phi) is 2.56. The normalized spacial score (nSPS) is 23.9. The number of rotatable bonds is 1. The van der Waals surface area contributed by atoms with Crippen LogP contribution in [0.5, 0.6) is 5.75 Å². The van der Waals surface area contributed by atoms with Crippen LogP contribution in [-0.4, -0.2) is 13.2 Å². The van der Waals surface area contributed by atoms with Gasteiger partial charge in [0.15, 0.2) is 0 Å². The molecule has 1 saturated heterocycles. The molecule has 1 N–H and O–H groups in total. The van der Waals surface area contributed by atoms with Gasteiger partial charge in [0.2, 0.25) is 0 Å². The highest BCUT2D eigenvalue weighted by molar-refractivity contribution is 5.41. The molecule has 0 radical (unpaired) electrons. The lowest BCUT2D eigenvalue weighted by molar-refractivity contribution is 0.283. The molecule has 1 aromatic rings. The van der Waals surface area contributed by atoms with E-state index in [2.05, 4.69) is 5.32 Å². The van der Waals surface area contributed by atoms with Crippen LogP contribution in [0.3, 0.4) is 0 Å². The van der Waals surface area contributed by atoms with E-state index in [9.17, 15) is 4.39 Å². The molecule has 1 fully saturated rings. The quantitative estimate of drug-likeness (QED) is 0.787. The first-order chi connectivity index (χ1) is 7.86. The van der Waals surface area contributed by atoms with E-state index in [4.69, 9.17) is 4.74 Å². The molecule has 0 amide bonds. The SMILES string of the molecule is Fc1c([C@H]2CCCN2)ccc2c1CCCO2. The minimum atomic E-state index is -0.0448. The molecule has 0 aliphatic carbocycles. The van der Waals surface area contributed by atoms with Gasteiger partial charge in [-0.15, -0.1) is 0 Å². The molecule has 0 unspecified atom stereocenters. The summed E-state index contributed by atoms with van der Waals surface area (Å²) in [7, 11) is 0. The fourth-order valence-corrected chi connectivity index (χ4v) is 2.64. The molecule has 1 aromatic carbocycles. The summed E-state index contributed by atoms with van der Waals surface area (Å²) in [4.78, 5) is 0. The molecule has 2 nitrogen and oxygen atoms in total. The monoisotopic (exact) mass is 221 g/mol. The third kappa shape index (κ3) is 1.59. The Hall–Kier alpha value is -1.09. The molecular weight excluding hydrogens is 205 g/mol. The third-order valence-electron chi connectivity index (χ3n) is 3.49. The van der Waals surface area contributed by atoms with Crippen molar-refractivity contribution < 1.29 is 9.13 Å². The van der Waals surface area contributed by atoms with Gasteiger partial charge in [-0.3, -0.25) is 0 Å². The van der Waals surface area contributed by atoms with Gasteiger partial charge in [-0.25, -0.2) is 4.39 Å². The zero-order chi connectivity index (χ0) is 11.0. The Bertz CT molecular complexity index is 399. The lowest BCUT2D eigenvalue weighted by Gasteiger charge is -2.21. The van der Waals surface area contributed by atoms with Crippen molar-refractivity contribution in [1.29, 1.82) is 0 Å². The molecule has 0 bridgehead atoms.